The molecule has 0 bridgehead atoms. The highest BCUT2D eigenvalue weighted by Crippen LogP contribution is 2.38. The summed E-state index contributed by atoms with van der Waals surface area (Å²) in [5.41, 5.74) is 0.217. The molecule has 1 aliphatic rings. The Hall–Kier alpha value is -2.57. The second kappa shape index (κ2) is 4.97. The lowest BCUT2D eigenvalue weighted by molar-refractivity contribution is -0.141. The molecule has 0 unspecified atom stereocenters. The number of carbonyl (C=O) groups is 2. The Morgan fingerprint density at radius 2 is 2.00 bits per heavy atom. The fourth-order valence-electron chi connectivity index (χ4n) is 1.57. The Labute approximate surface area is 108 Å². The third kappa shape index (κ3) is 2.35. The van der Waals surface area contributed by atoms with Crippen LogP contribution in [0.15, 0.2) is 17.3 Å². The van der Waals surface area contributed by atoms with Crippen LogP contribution in [0, 0.1) is 0 Å². The van der Waals surface area contributed by atoms with E-state index >= 15 is 0 Å². The summed E-state index contributed by atoms with van der Waals surface area (Å²) in [5, 5.41) is 3.35. The average molecular weight is 265 g/mol. The molecule has 0 fully saturated rings. The number of methoxy groups -OCH3 is 2. The van der Waals surface area contributed by atoms with Crippen molar-refractivity contribution in [1.29, 1.82) is 0 Å². The van der Waals surface area contributed by atoms with Crippen LogP contribution in [-0.4, -0.2) is 31.9 Å². The van der Waals surface area contributed by atoms with E-state index in [2.05, 4.69) is 9.99 Å². The molecule has 1 aliphatic heterocycles. The number of fused-ring (bicyclic) bond motifs is 1. The second-order valence-electron chi connectivity index (χ2n) is 3.61. The Morgan fingerprint density at radius 1 is 1.26 bits per heavy atom. The predicted molar refractivity (Wildman–Crippen MR) is 63.7 cm³/mol. The van der Waals surface area contributed by atoms with E-state index < -0.39 is 11.8 Å². The lowest BCUT2D eigenvalue weighted by atomic mass is 10.1. The van der Waals surface area contributed by atoms with E-state index in [4.69, 9.17) is 14.2 Å². The summed E-state index contributed by atoms with van der Waals surface area (Å²) >= 11 is 0. The van der Waals surface area contributed by atoms with E-state index in [1.165, 1.54) is 27.2 Å². The van der Waals surface area contributed by atoms with Crippen molar-refractivity contribution in [2.24, 2.45) is 5.16 Å². The van der Waals surface area contributed by atoms with Crippen LogP contribution in [0.3, 0.4) is 0 Å². The zero-order valence-electron chi connectivity index (χ0n) is 10.6. The highest BCUT2D eigenvalue weighted by molar-refractivity contribution is 6.47. The first-order chi connectivity index (χ1) is 9.06. The topological polar surface area (TPSA) is 83.4 Å². The summed E-state index contributed by atoms with van der Waals surface area (Å²) < 4.78 is 15.4. The van der Waals surface area contributed by atoms with Crippen molar-refractivity contribution < 1.29 is 28.6 Å². The lowest BCUT2D eigenvalue weighted by Gasteiger charge is -2.06. The van der Waals surface area contributed by atoms with Crippen LogP contribution in [0.4, 0.5) is 0 Å². The molecule has 0 saturated heterocycles. The van der Waals surface area contributed by atoms with E-state index in [0.717, 1.165) is 0 Å². The van der Waals surface area contributed by atoms with E-state index in [9.17, 15) is 9.59 Å². The summed E-state index contributed by atoms with van der Waals surface area (Å²) in [6.07, 6.45) is 0. The normalized spacial score (nSPS) is 14.9. The molecular weight excluding hydrogens is 254 g/mol. The molecule has 0 spiro atoms. The number of oxime groups is 1. The van der Waals surface area contributed by atoms with Crippen LogP contribution >= 0.6 is 0 Å². The fraction of sp³-hybridized carbons (Fsp3) is 0.250. The molecule has 0 saturated carbocycles. The molecule has 100 valence electrons. The molecular formula is C12H11NO6. The number of ketones is 1. The Kier molecular flexibility index (Phi) is 3.37. The molecule has 0 aromatic heterocycles. The Morgan fingerprint density at radius 3 is 2.58 bits per heavy atom. The number of hydrogen-bond acceptors (Lipinski definition) is 7. The van der Waals surface area contributed by atoms with Crippen LogP contribution in [0.1, 0.15) is 17.3 Å². The maximum atomic E-state index is 12.0. The van der Waals surface area contributed by atoms with Gasteiger partial charge in [-0.05, 0) is 5.16 Å². The standard InChI is InChI=1S/C12H11NO6/c1-6(14)19-13-12-11(15)10-8(17-3)4-7(16-2)5-9(10)18-12/h4-5H,1-3H3. The highest BCUT2D eigenvalue weighted by atomic mass is 16.7. The predicted octanol–water partition coefficient (Wildman–Crippen LogP) is 1.16. The molecule has 0 atom stereocenters. The molecule has 2 rings (SSSR count). The summed E-state index contributed by atoms with van der Waals surface area (Å²) in [5.74, 6) is -0.478. The van der Waals surface area contributed by atoms with Crippen LogP contribution in [0.5, 0.6) is 17.2 Å². The lowest BCUT2D eigenvalue weighted by Crippen LogP contribution is -2.13. The SMILES string of the molecule is COc1cc(OC)c2c(c1)OC(=NOC(C)=O)C2=O. The number of rotatable bonds is 3. The molecule has 0 radical (unpaired) electrons. The van der Waals surface area contributed by atoms with Crippen molar-refractivity contribution in [3.05, 3.63) is 17.7 Å². The number of Topliss-reactive ketones (excluding diaryl/α,β-unsaturated/α-hetero) is 1. The molecule has 19 heavy (non-hydrogen) atoms. The summed E-state index contributed by atoms with van der Waals surface area (Å²) in [6, 6.07) is 3.07. The molecule has 1 aromatic rings. The van der Waals surface area contributed by atoms with Crippen LogP contribution in [0.2, 0.25) is 0 Å². The second-order valence-corrected chi connectivity index (χ2v) is 3.61. The molecule has 0 aliphatic carbocycles. The van der Waals surface area contributed by atoms with Crippen molar-refractivity contribution in [3.8, 4) is 17.2 Å². The van der Waals surface area contributed by atoms with Crippen molar-refractivity contribution in [1.82, 2.24) is 0 Å². The number of ether oxygens (including phenoxy) is 3. The zero-order chi connectivity index (χ0) is 14.0. The van der Waals surface area contributed by atoms with E-state index in [0.29, 0.717) is 11.5 Å². The zero-order valence-corrected chi connectivity index (χ0v) is 10.6. The first-order valence-corrected chi connectivity index (χ1v) is 5.31. The molecule has 7 heteroatoms. The van der Waals surface area contributed by atoms with Gasteiger partial charge in [-0.15, -0.1) is 0 Å². The number of benzene rings is 1. The third-order valence-electron chi connectivity index (χ3n) is 2.38. The van der Waals surface area contributed by atoms with Gasteiger partial charge in [0, 0.05) is 19.1 Å². The quantitative estimate of drug-likeness (QED) is 0.602. The molecule has 7 nitrogen and oxygen atoms in total. The van der Waals surface area contributed by atoms with Gasteiger partial charge in [-0.3, -0.25) is 4.79 Å². The maximum absolute atomic E-state index is 12.0. The minimum Gasteiger partial charge on any atom is -0.496 e. The van der Waals surface area contributed by atoms with Crippen molar-refractivity contribution in [2.75, 3.05) is 14.2 Å². The van der Waals surface area contributed by atoms with Crippen LogP contribution in [0.25, 0.3) is 0 Å². The van der Waals surface area contributed by atoms with Gasteiger partial charge in [0.25, 0.3) is 5.78 Å². The van der Waals surface area contributed by atoms with E-state index in [1.807, 2.05) is 0 Å². The minimum atomic E-state index is -0.649. The number of carbonyl (C=O) groups excluding carboxylic acids is 2. The van der Waals surface area contributed by atoms with Crippen molar-refractivity contribution in [3.63, 3.8) is 0 Å². The minimum absolute atomic E-state index is 0.217. The first kappa shape index (κ1) is 12.9. The number of nitrogens with zero attached hydrogens (tertiary/aromatic N) is 1. The maximum Gasteiger partial charge on any atom is 0.332 e. The fourth-order valence-corrected chi connectivity index (χ4v) is 1.57. The highest BCUT2D eigenvalue weighted by Gasteiger charge is 2.34. The average Bonchev–Trinajstić information content (AvgIpc) is 2.72. The van der Waals surface area contributed by atoms with Crippen LogP contribution < -0.4 is 14.2 Å². The first-order valence-electron chi connectivity index (χ1n) is 5.31. The summed E-state index contributed by atoms with van der Waals surface area (Å²) in [6.45, 7) is 1.17. The molecule has 1 aromatic carbocycles. The monoisotopic (exact) mass is 265 g/mol. The summed E-state index contributed by atoms with van der Waals surface area (Å²) in [4.78, 5) is 27.1. The van der Waals surface area contributed by atoms with Crippen molar-refractivity contribution in [2.45, 2.75) is 6.92 Å². The van der Waals surface area contributed by atoms with Gasteiger partial charge in [0.1, 0.15) is 22.8 Å². The molecule has 1 heterocycles. The van der Waals surface area contributed by atoms with E-state index in [-0.39, 0.29) is 17.2 Å². The van der Waals surface area contributed by atoms with Gasteiger partial charge in [-0.2, -0.15) is 0 Å². The Balaban J connectivity index is 2.42. The van der Waals surface area contributed by atoms with Gasteiger partial charge in [-0.1, -0.05) is 0 Å². The molecule has 0 amide bonds. The Bertz CT molecular complexity index is 578. The summed E-state index contributed by atoms with van der Waals surface area (Å²) in [7, 11) is 2.90. The van der Waals surface area contributed by atoms with Crippen molar-refractivity contribution >= 4 is 17.7 Å². The number of hydrogen-bond donors (Lipinski definition) is 0. The smallest absolute Gasteiger partial charge is 0.332 e. The van der Waals surface area contributed by atoms with E-state index in [1.54, 1.807) is 6.07 Å². The van der Waals surface area contributed by atoms with Gasteiger partial charge < -0.3 is 19.0 Å². The van der Waals surface area contributed by atoms with Gasteiger partial charge in [-0.25, -0.2) is 4.79 Å². The van der Waals surface area contributed by atoms with Crippen LogP contribution in [-0.2, 0) is 9.63 Å². The van der Waals surface area contributed by atoms with Gasteiger partial charge in [0.05, 0.1) is 14.2 Å². The van der Waals surface area contributed by atoms with Gasteiger partial charge >= 0.3 is 11.9 Å². The molecule has 0 N–H and O–H groups in total. The third-order valence-corrected chi connectivity index (χ3v) is 2.38. The van der Waals surface area contributed by atoms with Gasteiger partial charge in [0.2, 0.25) is 0 Å². The van der Waals surface area contributed by atoms with Gasteiger partial charge in [0.15, 0.2) is 0 Å². The largest absolute Gasteiger partial charge is 0.496 e.